The van der Waals surface area contributed by atoms with Crippen LogP contribution in [0.3, 0.4) is 0 Å². The average Bonchev–Trinajstić information content (AvgIpc) is 3.07. The third-order valence-corrected chi connectivity index (χ3v) is 7.28. The van der Waals surface area contributed by atoms with Crippen molar-refractivity contribution in [2.45, 2.75) is 38.8 Å². The quantitative estimate of drug-likeness (QED) is 0.552. The van der Waals surface area contributed by atoms with Crippen molar-refractivity contribution in [3.63, 3.8) is 0 Å². The lowest BCUT2D eigenvalue weighted by atomic mass is 10.1. The van der Waals surface area contributed by atoms with Crippen LogP contribution in [0.4, 0.5) is 4.39 Å². The maximum atomic E-state index is 14.4. The number of carbonyl (C=O) groups is 1. The van der Waals surface area contributed by atoms with Crippen LogP contribution < -0.4 is 4.74 Å². The third-order valence-electron chi connectivity index (χ3n) is 5.17. The summed E-state index contributed by atoms with van der Waals surface area (Å²) >= 11 is 6.18. The van der Waals surface area contributed by atoms with E-state index in [4.69, 9.17) is 16.3 Å². The largest absolute Gasteiger partial charge is 0.493 e. The first-order valence-electron chi connectivity index (χ1n) is 9.98. The van der Waals surface area contributed by atoms with Gasteiger partial charge in [0.15, 0.2) is 9.84 Å². The monoisotopic (exact) mass is 453 g/mol. The summed E-state index contributed by atoms with van der Waals surface area (Å²) in [7, 11) is -3.25. The highest BCUT2D eigenvalue weighted by Crippen LogP contribution is 2.29. The molecule has 1 atom stereocenters. The molecule has 0 bridgehead atoms. The zero-order valence-electron chi connectivity index (χ0n) is 16.8. The predicted octanol–water partition coefficient (Wildman–Crippen LogP) is 4.49. The number of amides is 1. The Bertz CT molecular complexity index is 992. The van der Waals surface area contributed by atoms with Gasteiger partial charge in [-0.15, -0.1) is 0 Å². The Labute approximate surface area is 181 Å². The van der Waals surface area contributed by atoms with Gasteiger partial charge in [-0.2, -0.15) is 0 Å². The number of hydrogen-bond donors (Lipinski definition) is 0. The van der Waals surface area contributed by atoms with Crippen molar-refractivity contribution in [1.29, 1.82) is 0 Å². The average molecular weight is 454 g/mol. The molecule has 8 heteroatoms. The van der Waals surface area contributed by atoms with E-state index in [0.29, 0.717) is 24.3 Å². The van der Waals surface area contributed by atoms with Gasteiger partial charge < -0.3 is 9.64 Å². The summed E-state index contributed by atoms with van der Waals surface area (Å²) in [5.41, 5.74) is 0.492. The van der Waals surface area contributed by atoms with Crippen molar-refractivity contribution in [2.24, 2.45) is 0 Å². The van der Waals surface area contributed by atoms with E-state index >= 15 is 0 Å². The van der Waals surface area contributed by atoms with Gasteiger partial charge in [-0.3, -0.25) is 4.79 Å². The standard InChI is InChI=1S/C22H25ClFNO4S/c1-2-3-12-29-21-10-5-4-7-17(21)22(26)25(16-11-13-30(27,28)15-16)14-18-19(23)8-6-9-20(18)24/h4-10,16H,2-3,11-15H2,1H3. The van der Waals surface area contributed by atoms with Gasteiger partial charge in [-0.05, 0) is 37.1 Å². The number of sulfone groups is 1. The first-order chi connectivity index (χ1) is 14.3. The van der Waals surface area contributed by atoms with Gasteiger partial charge in [-0.25, -0.2) is 12.8 Å². The molecule has 1 fully saturated rings. The minimum Gasteiger partial charge on any atom is -0.493 e. The van der Waals surface area contributed by atoms with Gasteiger partial charge in [-0.1, -0.05) is 43.1 Å². The van der Waals surface area contributed by atoms with Crippen molar-refractivity contribution in [2.75, 3.05) is 18.1 Å². The van der Waals surface area contributed by atoms with Crippen LogP contribution in [0, 0.1) is 5.82 Å². The number of halogens is 2. The number of unbranched alkanes of at least 4 members (excludes halogenated alkanes) is 1. The fourth-order valence-corrected chi connectivity index (χ4v) is 5.45. The van der Waals surface area contributed by atoms with E-state index in [-0.39, 0.29) is 28.6 Å². The highest BCUT2D eigenvalue weighted by atomic mass is 35.5. The van der Waals surface area contributed by atoms with E-state index < -0.39 is 27.6 Å². The van der Waals surface area contributed by atoms with Gasteiger partial charge in [0.2, 0.25) is 0 Å². The Hall–Kier alpha value is -2.12. The Morgan fingerprint density at radius 3 is 2.67 bits per heavy atom. The fraction of sp³-hybridized carbons (Fsp3) is 0.409. The van der Waals surface area contributed by atoms with Crippen LogP contribution in [-0.2, 0) is 16.4 Å². The molecule has 1 aliphatic heterocycles. The molecule has 0 N–H and O–H groups in total. The molecule has 1 amide bonds. The molecule has 162 valence electrons. The van der Waals surface area contributed by atoms with Gasteiger partial charge in [0.1, 0.15) is 11.6 Å². The summed E-state index contributed by atoms with van der Waals surface area (Å²) in [5.74, 6) is -0.649. The maximum Gasteiger partial charge on any atom is 0.258 e. The fourth-order valence-electron chi connectivity index (χ4n) is 3.49. The van der Waals surface area contributed by atoms with Crippen LogP contribution in [0.25, 0.3) is 0 Å². The zero-order valence-corrected chi connectivity index (χ0v) is 18.4. The van der Waals surface area contributed by atoms with Gasteiger partial charge >= 0.3 is 0 Å². The summed E-state index contributed by atoms with van der Waals surface area (Å²) < 4.78 is 44.4. The number of nitrogens with zero attached hydrogens (tertiary/aromatic N) is 1. The van der Waals surface area contributed by atoms with E-state index in [1.165, 1.54) is 17.0 Å². The van der Waals surface area contributed by atoms with Crippen LogP contribution in [0.5, 0.6) is 5.75 Å². The molecule has 0 spiro atoms. The molecule has 1 aliphatic rings. The lowest BCUT2D eigenvalue weighted by Crippen LogP contribution is -2.41. The third kappa shape index (κ3) is 5.32. The van der Waals surface area contributed by atoms with Crippen molar-refractivity contribution >= 4 is 27.3 Å². The second-order valence-electron chi connectivity index (χ2n) is 7.39. The number of ether oxygens (including phenoxy) is 1. The lowest BCUT2D eigenvalue weighted by molar-refractivity contribution is 0.0674. The predicted molar refractivity (Wildman–Crippen MR) is 115 cm³/mol. The van der Waals surface area contributed by atoms with Crippen LogP contribution in [0.2, 0.25) is 5.02 Å². The second kappa shape index (κ2) is 9.79. The number of rotatable bonds is 8. The van der Waals surface area contributed by atoms with Crippen LogP contribution in [0.1, 0.15) is 42.1 Å². The summed E-state index contributed by atoms with van der Waals surface area (Å²) in [6, 6.07) is 10.6. The SMILES string of the molecule is CCCCOc1ccccc1C(=O)N(Cc1c(F)cccc1Cl)C1CCS(=O)(=O)C1. The first kappa shape index (κ1) is 22.6. The molecule has 0 aliphatic carbocycles. The van der Waals surface area contributed by atoms with Crippen molar-refractivity contribution in [1.82, 2.24) is 4.90 Å². The summed E-state index contributed by atoms with van der Waals surface area (Å²) in [5, 5.41) is 0.195. The Balaban J connectivity index is 1.95. The van der Waals surface area contributed by atoms with Gasteiger partial charge in [0.25, 0.3) is 5.91 Å². The minimum absolute atomic E-state index is 0.00109. The van der Waals surface area contributed by atoms with Crippen molar-refractivity contribution in [3.05, 3.63) is 64.4 Å². The topological polar surface area (TPSA) is 63.7 Å². The Kier molecular flexibility index (Phi) is 7.36. The molecule has 0 saturated carbocycles. The van der Waals surface area contributed by atoms with Crippen LogP contribution in [-0.4, -0.2) is 43.4 Å². The van der Waals surface area contributed by atoms with Crippen molar-refractivity contribution in [3.8, 4) is 5.75 Å². The molecule has 30 heavy (non-hydrogen) atoms. The van der Waals surface area contributed by atoms with Crippen LogP contribution >= 0.6 is 11.6 Å². The number of carbonyl (C=O) groups excluding carboxylic acids is 1. The Morgan fingerprint density at radius 2 is 2.00 bits per heavy atom. The minimum atomic E-state index is -3.25. The molecule has 3 rings (SSSR count). The molecule has 1 saturated heterocycles. The van der Waals surface area contributed by atoms with Gasteiger partial charge in [0, 0.05) is 16.6 Å². The second-order valence-corrected chi connectivity index (χ2v) is 10.0. The number of benzene rings is 2. The number of hydrogen-bond acceptors (Lipinski definition) is 4. The highest BCUT2D eigenvalue weighted by Gasteiger charge is 2.36. The molecular weight excluding hydrogens is 429 g/mol. The zero-order chi connectivity index (χ0) is 21.7. The summed E-state index contributed by atoms with van der Waals surface area (Å²) in [6.45, 7) is 2.40. The molecular formula is C22H25ClFNO4S. The molecule has 1 heterocycles. The summed E-state index contributed by atoms with van der Waals surface area (Å²) in [4.78, 5) is 14.9. The molecule has 2 aromatic rings. The molecule has 0 aromatic heterocycles. The van der Waals surface area contributed by atoms with E-state index in [1.807, 2.05) is 6.92 Å². The number of para-hydroxylation sites is 1. The first-order valence-corrected chi connectivity index (χ1v) is 12.2. The van der Waals surface area contributed by atoms with E-state index in [2.05, 4.69) is 0 Å². The van der Waals surface area contributed by atoms with Crippen molar-refractivity contribution < 1.29 is 22.3 Å². The van der Waals surface area contributed by atoms with E-state index in [9.17, 15) is 17.6 Å². The lowest BCUT2D eigenvalue weighted by Gasteiger charge is -2.29. The van der Waals surface area contributed by atoms with E-state index in [1.54, 1.807) is 30.3 Å². The van der Waals surface area contributed by atoms with Crippen LogP contribution in [0.15, 0.2) is 42.5 Å². The normalized spacial score (nSPS) is 17.6. The molecule has 1 unspecified atom stereocenters. The molecule has 2 aromatic carbocycles. The maximum absolute atomic E-state index is 14.4. The highest BCUT2D eigenvalue weighted by molar-refractivity contribution is 7.91. The Morgan fingerprint density at radius 1 is 1.23 bits per heavy atom. The smallest absolute Gasteiger partial charge is 0.258 e. The summed E-state index contributed by atoms with van der Waals surface area (Å²) in [6.07, 6.45) is 2.10. The molecule has 5 nitrogen and oxygen atoms in total. The molecule has 0 radical (unpaired) electrons. The van der Waals surface area contributed by atoms with Gasteiger partial charge in [0.05, 0.1) is 30.2 Å². The van der Waals surface area contributed by atoms with E-state index in [0.717, 1.165) is 12.8 Å².